The topological polar surface area (TPSA) is 75.2 Å². The highest BCUT2D eigenvalue weighted by Crippen LogP contribution is 2.23. The number of anilines is 2. The van der Waals surface area contributed by atoms with Crippen LogP contribution in [-0.4, -0.2) is 51.0 Å². The van der Waals surface area contributed by atoms with Crippen LogP contribution in [0.1, 0.15) is 18.9 Å². The van der Waals surface area contributed by atoms with E-state index >= 15 is 0 Å². The molecule has 0 amide bonds. The third kappa shape index (κ3) is 4.66. The van der Waals surface area contributed by atoms with E-state index < -0.39 is 9.84 Å². The Hall–Kier alpha value is -1.37. The van der Waals surface area contributed by atoms with Crippen molar-refractivity contribution in [3.63, 3.8) is 0 Å². The van der Waals surface area contributed by atoms with Crippen LogP contribution in [-0.2, 0) is 16.3 Å². The number of sulfone groups is 1. The van der Waals surface area contributed by atoms with Crippen molar-refractivity contribution in [2.24, 2.45) is 0 Å². The van der Waals surface area contributed by atoms with Crippen molar-refractivity contribution in [1.29, 1.82) is 0 Å². The Balaban J connectivity index is 2.98. The monoisotopic (exact) mass is 286 g/mol. The van der Waals surface area contributed by atoms with E-state index in [1.165, 1.54) is 12.6 Å². The first-order valence-corrected chi connectivity index (χ1v) is 8.35. The first-order valence-electron chi connectivity index (χ1n) is 6.29. The predicted molar refractivity (Wildman–Crippen MR) is 78.6 cm³/mol. The molecule has 0 fully saturated rings. The van der Waals surface area contributed by atoms with Crippen LogP contribution in [0.25, 0.3) is 0 Å². The first-order chi connectivity index (χ1) is 8.89. The van der Waals surface area contributed by atoms with Crippen LogP contribution >= 0.6 is 0 Å². The number of nitrogens with zero attached hydrogens (tertiary/aromatic N) is 3. The molecular weight excluding hydrogens is 264 g/mol. The van der Waals surface area contributed by atoms with Gasteiger partial charge in [0.25, 0.3) is 0 Å². The minimum absolute atomic E-state index is 0.119. The van der Waals surface area contributed by atoms with Crippen molar-refractivity contribution in [2.75, 3.05) is 42.9 Å². The summed E-state index contributed by atoms with van der Waals surface area (Å²) in [6.07, 6.45) is 4.58. The molecule has 1 aromatic rings. The van der Waals surface area contributed by atoms with Gasteiger partial charge in [0, 0.05) is 32.5 Å². The van der Waals surface area contributed by atoms with Gasteiger partial charge in [-0.25, -0.2) is 18.4 Å². The molecule has 0 unspecified atom stereocenters. The van der Waals surface area contributed by atoms with Gasteiger partial charge in [0.05, 0.1) is 5.75 Å². The van der Waals surface area contributed by atoms with Gasteiger partial charge >= 0.3 is 0 Å². The van der Waals surface area contributed by atoms with Crippen LogP contribution in [0.3, 0.4) is 0 Å². The lowest BCUT2D eigenvalue weighted by Crippen LogP contribution is -2.27. The van der Waals surface area contributed by atoms with Crippen molar-refractivity contribution < 1.29 is 8.42 Å². The van der Waals surface area contributed by atoms with E-state index in [1.54, 1.807) is 0 Å². The van der Waals surface area contributed by atoms with Gasteiger partial charge in [-0.1, -0.05) is 13.3 Å². The summed E-state index contributed by atoms with van der Waals surface area (Å²) in [6.45, 7) is 2.52. The lowest BCUT2D eigenvalue weighted by atomic mass is 10.1. The number of aromatic nitrogens is 2. The van der Waals surface area contributed by atoms with E-state index in [0.29, 0.717) is 6.54 Å². The summed E-state index contributed by atoms with van der Waals surface area (Å²) in [5.74, 6) is 1.72. The Morgan fingerprint density at radius 2 is 2.05 bits per heavy atom. The molecule has 0 saturated carbocycles. The molecule has 0 aliphatic heterocycles. The maximum absolute atomic E-state index is 11.2. The Morgan fingerprint density at radius 1 is 1.37 bits per heavy atom. The van der Waals surface area contributed by atoms with Crippen molar-refractivity contribution in [3.8, 4) is 0 Å². The van der Waals surface area contributed by atoms with E-state index in [2.05, 4.69) is 22.2 Å². The quantitative estimate of drug-likeness (QED) is 0.804. The van der Waals surface area contributed by atoms with Gasteiger partial charge in [-0.15, -0.1) is 0 Å². The summed E-state index contributed by atoms with van der Waals surface area (Å²) in [6, 6.07) is 0. The second kappa shape index (κ2) is 6.70. The van der Waals surface area contributed by atoms with Crippen molar-refractivity contribution in [3.05, 3.63) is 11.9 Å². The summed E-state index contributed by atoms with van der Waals surface area (Å²) in [4.78, 5) is 10.4. The molecule has 0 aromatic carbocycles. The van der Waals surface area contributed by atoms with Gasteiger partial charge in [0.1, 0.15) is 27.8 Å². The maximum Gasteiger partial charge on any atom is 0.149 e. The minimum Gasteiger partial charge on any atom is -0.373 e. The summed E-state index contributed by atoms with van der Waals surface area (Å²) >= 11 is 0. The highest BCUT2D eigenvalue weighted by atomic mass is 32.2. The lowest BCUT2D eigenvalue weighted by molar-refractivity contribution is 0.601. The van der Waals surface area contributed by atoms with Crippen LogP contribution in [0.5, 0.6) is 0 Å². The third-order valence-electron chi connectivity index (χ3n) is 2.82. The molecule has 6 nitrogen and oxygen atoms in total. The predicted octanol–water partition coefficient (Wildman–Crippen LogP) is 0.952. The normalized spacial score (nSPS) is 11.4. The molecule has 7 heteroatoms. The zero-order chi connectivity index (χ0) is 14.5. The lowest BCUT2D eigenvalue weighted by Gasteiger charge is -2.21. The fourth-order valence-corrected chi connectivity index (χ4v) is 2.44. The van der Waals surface area contributed by atoms with Gasteiger partial charge in [-0.3, -0.25) is 0 Å². The van der Waals surface area contributed by atoms with E-state index in [0.717, 1.165) is 30.0 Å². The van der Waals surface area contributed by atoms with Crippen LogP contribution in [0.2, 0.25) is 0 Å². The summed E-state index contributed by atoms with van der Waals surface area (Å²) in [5.41, 5.74) is 1.03. The molecule has 0 spiro atoms. The Morgan fingerprint density at radius 3 is 2.58 bits per heavy atom. The molecule has 1 N–H and O–H groups in total. The maximum atomic E-state index is 11.2. The molecule has 108 valence electrons. The highest BCUT2D eigenvalue weighted by Gasteiger charge is 2.14. The average molecular weight is 286 g/mol. The van der Waals surface area contributed by atoms with Crippen LogP contribution in [0, 0.1) is 0 Å². The third-order valence-corrected chi connectivity index (χ3v) is 3.74. The smallest absolute Gasteiger partial charge is 0.149 e. The molecule has 0 bridgehead atoms. The number of rotatable bonds is 7. The zero-order valence-electron chi connectivity index (χ0n) is 12.0. The van der Waals surface area contributed by atoms with Crippen molar-refractivity contribution in [2.45, 2.75) is 19.8 Å². The molecular formula is C12H22N4O2S. The van der Waals surface area contributed by atoms with Crippen LogP contribution in [0.4, 0.5) is 11.6 Å². The molecule has 0 saturated heterocycles. The average Bonchev–Trinajstić information content (AvgIpc) is 2.35. The van der Waals surface area contributed by atoms with Crippen LogP contribution in [0.15, 0.2) is 6.33 Å². The van der Waals surface area contributed by atoms with Gasteiger partial charge in [0.15, 0.2) is 0 Å². The van der Waals surface area contributed by atoms with E-state index in [-0.39, 0.29) is 5.75 Å². The number of hydrogen-bond donors (Lipinski definition) is 1. The second-order valence-corrected chi connectivity index (χ2v) is 6.84. The van der Waals surface area contributed by atoms with E-state index in [1.807, 2.05) is 19.0 Å². The Kier molecular flexibility index (Phi) is 5.53. The first kappa shape index (κ1) is 15.7. The SMILES string of the molecule is CCCc1c(NC)ncnc1N(C)CCS(C)(=O)=O. The van der Waals surface area contributed by atoms with Crippen LogP contribution < -0.4 is 10.2 Å². The fraction of sp³-hybridized carbons (Fsp3) is 0.667. The highest BCUT2D eigenvalue weighted by molar-refractivity contribution is 7.90. The van der Waals surface area contributed by atoms with Crippen molar-refractivity contribution >= 4 is 21.5 Å². The molecule has 0 aliphatic rings. The molecule has 0 atom stereocenters. The van der Waals surface area contributed by atoms with E-state index in [4.69, 9.17) is 0 Å². The molecule has 0 aliphatic carbocycles. The minimum atomic E-state index is -2.97. The molecule has 0 radical (unpaired) electrons. The summed E-state index contributed by atoms with van der Waals surface area (Å²) < 4.78 is 22.5. The largest absolute Gasteiger partial charge is 0.373 e. The molecule has 19 heavy (non-hydrogen) atoms. The number of hydrogen-bond acceptors (Lipinski definition) is 6. The second-order valence-electron chi connectivity index (χ2n) is 4.58. The zero-order valence-corrected chi connectivity index (χ0v) is 12.8. The molecule has 1 heterocycles. The van der Waals surface area contributed by atoms with E-state index in [9.17, 15) is 8.42 Å². The standard InChI is InChI=1S/C12H22N4O2S/c1-5-6-10-11(13-2)14-9-15-12(10)16(3)7-8-19(4,17)18/h9H,5-8H2,1-4H3,(H,13,14,15). The Bertz CT molecular complexity index is 516. The van der Waals surface area contributed by atoms with Gasteiger partial charge < -0.3 is 10.2 Å². The van der Waals surface area contributed by atoms with Gasteiger partial charge in [-0.2, -0.15) is 0 Å². The Labute approximate surface area is 115 Å². The molecule has 1 aromatic heterocycles. The number of nitrogens with one attached hydrogen (secondary N) is 1. The fourth-order valence-electron chi connectivity index (χ4n) is 1.84. The summed E-state index contributed by atoms with van der Waals surface area (Å²) in [5, 5.41) is 3.05. The molecule has 1 rings (SSSR count). The van der Waals surface area contributed by atoms with Gasteiger partial charge in [-0.05, 0) is 6.42 Å². The van der Waals surface area contributed by atoms with Crippen molar-refractivity contribution in [1.82, 2.24) is 9.97 Å². The summed E-state index contributed by atoms with van der Waals surface area (Å²) in [7, 11) is 0.706. The van der Waals surface area contributed by atoms with Gasteiger partial charge in [0.2, 0.25) is 0 Å².